The van der Waals surface area contributed by atoms with Crippen molar-refractivity contribution in [3.8, 4) is 5.75 Å². The van der Waals surface area contributed by atoms with Crippen LogP contribution in [0.2, 0.25) is 0 Å². The topological polar surface area (TPSA) is 58.6 Å². The van der Waals surface area contributed by atoms with E-state index < -0.39 is 0 Å². The van der Waals surface area contributed by atoms with Crippen molar-refractivity contribution in [2.45, 2.75) is 6.92 Å². The van der Waals surface area contributed by atoms with Crippen LogP contribution in [0.25, 0.3) is 0 Å². The summed E-state index contributed by atoms with van der Waals surface area (Å²) in [5.74, 6) is 0.0973. The molecule has 0 saturated heterocycles. The van der Waals surface area contributed by atoms with Crippen molar-refractivity contribution in [3.63, 3.8) is 0 Å². The Labute approximate surface area is 129 Å². The smallest absolute Gasteiger partial charge is 0.264 e. The molecule has 2 amide bonds. The van der Waals surface area contributed by atoms with Crippen LogP contribution in [-0.2, 0) is 9.59 Å². The molecule has 114 valence electrons. The summed E-state index contributed by atoms with van der Waals surface area (Å²) >= 11 is 0. The molecule has 22 heavy (non-hydrogen) atoms. The third kappa shape index (κ3) is 4.09. The SMILES string of the molecule is CC(=O)Nc1ccccc1OCC(=O)N(C)c1ccccc1. The molecule has 0 heterocycles. The van der Waals surface area contributed by atoms with E-state index in [1.54, 1.807) is 31.3 Å². The summed E-state index contributed by atoms with van der Waals surface area (Å²) in [6.07, 6.45) is 0. The van der Waals surface area contributed by atoms with Crippen LogP contribution in [0.1, 0.15) is 6.92 Å². The van der Waals surface area contributed by atoms with Crippen molar-refractivity contribution in [1.82, 2.24) is 0 Å². The van der Waals surface area contributed by atoms with Crippen LogP contribution in [0.5, 0.6) is 5.75 Å². The Bertz CT molecular complexity index is 656. The molecule has 0 bridgehead atoms. The highest BCUT2D eigenvalue weighted by atomic mass is 16.5. The number of amides is 2. The molecule has 0 spiro atoms. The van der Waals surface area contributed by atoms with Crippen molar-refractivity contribution in [3.05, 3.63) is 54.6 Å². The first-order chi connectivity index (χ1) is 10.6. The molecule has 0 saturated carbocycles. The van der Waals surface area contributed by atoms with Gasteiger partial charge in [-0.25, -0.2) is 0 Å². The van der Waals surface area contributed by atoms with Gasteiger partial charge in [-0.2, -0.15) is 0 Å². The largest absolute Gasteiger partial charge is 0.482 e. The summed E-state index contributed by atoms with van der Waals surface area (Å²) in [4.78, 5) is 24.8. The first-order valence-corrected chi connectivity index (χ1v) is 6.89. The Morgan fingerprint density at radius 1 is 1.05 bits per heavy atom. The molecule has 0 radical (unpaired) electrons. The summed E-state index contributed by atoms with van der Waals surface area (Å²) in [6, 6.07) is 16.3. The summed E-state index contributed by atoms with van der Waals surface area (Å²) in [5, 5.41) is 2.67. The Hall–Kier alpha value is -2.82. The molecule has 2 aromatic rings. The van der Waals surface area contributed by atoms with Crippen LogP contribution < -0.4 is 15.0 Å². The molecule has 0 aliphatic rings. The monoisotopic (exact) mass is 298 g/mol. The maximum absolute atomic E-state index is 12.2. The van der Waals surface area contributed by atoms with Gasteiger partial charge in [-0.1, -0.05) is 30.3 Å². The van der Waals surface area contributed by atoms with Gasteiger partial charge >= 0.3 is 0 Å². The van der Waals surface area contributed by atoms with Crippen LogP contribution in [0, 0.1) is 0 Å². The number of benzene rings is 2. The van der Waals surface area contributed by atoms with E-state index in [0.717, 1.165) is 5.69 Å². The van der Waals surface area contributed by atoms with Gasteiger partial charge in [-0.15, -0.1) is 0 Å². The maximum atomic E-state index is 12.2. The second kappa shape index (κ2) is 7.26. The molecule has 0 aliphatic carbocycles. The molecule has 5 heteroatoms. The van der Waals surface area contributed by atoms with E-state index in [1.165, 1.54) is 11.8 Å². The van der Waals surface area contributed by atoms with Gasteiger partial charge in [0.15, 0.2) is 6.61 Å². The molecule has 0 atom stereocenters. The number of rotatable bonds is 5. The maximum Gasteiger partial charge on any atom is 0.264 e. The molecular formula is C17H18N2O3. The van der Waals surface area contributed by atoms with Gasteiger partial charge < -0.3 is 15.0 Å². The number of anilines is 2. The predicted octanol–water partition coefficient (Wildman–Crippen LogP) is 2.69. The minimum Gasteiger partial charge on any atom is -0.482 e. The van der Waals surface area contributed by atoms with Gasteiger partial charge in [0.25, 0.3) is 5.91 Å². The van der Waals surface area contributed by atoms with Gasteiger partial charge in [-0.3, -0.25) is 9.59 Å². The zero-order valence-electron chi connectivity index (χ0n) is 12.6. The van der Waals surface area contributed by atoms with Crippen LogP contribution >= 0.6 is 0 Å². The van der Waals surface area contributed by atoms with E-state index in [9.17, 15) is 9.59 Å². The predicted molar refractivity (Wildman–Crippen MR) is 86.1 cm³/mol. The number of likely N-dealkylation sites (N-methyl/N-ethyl adjacent to an activating group) is 1. The first kappa shape index (κ1) is 15.6. The van der Waals surface area contributed by atoms with Gasteiger partial charge in [0.05, 0.1) is 5.69 Å². The third-order valence-corrected chi connectivity index (χ3v) is 3.07. The Morgan fingerprint density at radius 3 is 2.36 bits per heavy atom. The molecule has 1 N–H and O–H groups in total. The minimum absolute atomic E-state index is 0.109. The number of carbonyl (C=O) groups excluding carboxylic acids is 2. The Kier molecular flexibility index (Phi) is 5.14. The van der Waals surface area contributed by atoms with Crippen molar-refractivity contribution in [1.29, 1.82) is 0 Å². The quantitative estimate of drug-likeness (QED) is 0.923. The molecule has 5 nitrogen and oxygen atoms in total. The normalized spacial score (nSPS) is 9.91. The van der Waals surface area contributed by atoms with Crippen LogP contribution in [-0.4, -0.2) is 25.5 Å². The Morgan fingerprint density at radius 2 is 1.68 bits per heavy atom. The van der Waals surface area contributed by atoms with E-state index >= 15 is 0 Å². The lowest BCUT2D eigenvalue weighted by Crippen LogP contribution is -2.31. The third-order valence-electron chi connectivity index (χ3n) is 3.07. The van der Waals surface area contributed by atoms with Gasteiger partial charge in [0, 0.05) is 19.7 Å². The van der Waals surface area contributed by atoms with Crippen molar-refractivity contribution >= 4 is 23.2 Å². The molecular weight excluding hydrogens is 280 g/mol. The van der Waals surface area contributed by atoms with Crippen molar-refractivity contribution < 1.29 is 14.3 Å². The van der Waals surface area contributed by atoms with Crippen LogP contribution in [0.15, 0.2) is 54.6 Å². The van der Waals surface area contributed by atoms with E-state index in [4.69, 9.17) is 4.74 Å². The lowest BCUT2D eigenvalue weighted by atomic mass is 10.3. The van der Waals surface area contributed by atoms with E-state index in [2.05, 4.69) is 5.32 Å². The van der Waals surface area contributed by atoms with Gasteiger partial charge in [0.2, 0.25) is 5.91 Å². The van der Waals surface area contributed by atoms with Gasteiger partial charge in [-0.05, 0) is 24.3 Å². The molecule has 0 unspecified atom stereocenters. The Balaban J connectivity index is 2.01. The molecule has 0 aliphatic heterocycles. The molecule has 2 rings (SSSR count). The van der Waals surface area contributed by atoms with Crippen molar-refractivity contribution in [2.75, 3.05) is 23.9 Å². The standard InChI is InChI=1S/C17H18N2O3/c1-13(20)18-15-10-6-7-11-16(15)22-12-17(21)19(2)14-8-4-3-5-9-14/h3-11H,12H2,1-2H3,(H,18,20). The zero-order chi connectivity index (χ0) is 15.9. The summed E-state index contributed by atoms with van der Waals surface area (Å²) in [6.45, 7) is 1.31. The molecule has 0 aromatic heterocycles. The van der Waals surface area contributed by atoms with E-state index in [0.29, 0.717) is 11.4 Å². The lowest BCUT2D eigenvalue weighted by Gasteiger charge is -2.18. The van der Waals surface area contributed by atoms with Crippen LogP contribution in [0.3, 0.4) is 0 Å². The highest BCUT2D eigenvalue weighted by molar-refractivity contribution is 5.94. The zero-order valence-corrected chi connectivity index (χ0v) is 12.6. The van der Waals surface area contributed by atoms with Gasteiger partial charge in [0.1, 0.15) is 5.75 Å². The highest BCUT2D eigenvalue weighted by Crippen LogP contribution is 2.23. The minimum atomic E-state index is -0.191. The number of hydrogen-bond acceptors (Lipinski definition) is 3. The molecule has 2 aromatic carbocycles. The fourth-order valence-corrected chi connectivity index (χ4v) is 1.92. The lowest BCUT2D eigenvalue weighted by molar-refractivity contribution is -0.120. The summed E-state index contributed by atoms with van der Waals surface area (Å²) in [5.41, 5.74) is 1.34. The number of ether oxygens (including phenoxy) is 1. The second-order valence-corrected chi connectivity index (χ2v) is 4.75. The number of nitrogens with one attached hydrogen (secondary N) is 1. The fourth-order valence-electron chi connectivity index (χ4n) is 1.92. The second-order valence-electron chi connectivity index (χ2n) is 4.75. The number of para-hydroxylation sites is 3. The first-order valence-electron chi connectivity index (χ1n) is 6.89. The fraction of sp³-hybridized carbons (Fsp3) is 0.176. The summed E-state index contributed by atoms with van der Waals surface area (Å²) in [7, 11) is 1.70. The van der Waals surface area contributed by atoms with E-state index in [-0.39, 0.29) is 18.4 Å². The average Bonchev–Trinajstić information content (AvgIpc) is 2.53. The molecule has 0 fully saturated rings. The van der Waals surface area contributed by atoms with E-state index in [1.807, 2.05) is 30.3 Å². The summed E-state index contributed by atoms with van der Waals surface area (Å²) < 4.78 is 5.54. The average molecular weight is 298 g/mol. The number of hydrogen-bond donors (Lipinski definition) is 1. The number of nitrogens with zero attached hydrogens (tertiary/aromatic N) is 1. The van der Waals surface area contributed by atoms with Crippen molar-refractivity contribution in [2.24, 2.45) is 0 Å². The van der Waals surface area contributed by atoms with Crippen LogP contribution in [0.4, 0.5) is 11.4 Å². The highest BCUT2D eigenvalue weighted by Gasteiger charge is 2.12. The number of carbonyl (C=O) groups is 2.